The maximum Gasteiger partial charge on any atom is 0.249 e. The van der Waals surface area contributed by atoms with E-state index in [1.165, 1.54) is 6.92 Å². The van der Waals surface area contributed by atoms with E-state index in [1.54, 1.807) is 30.3 Å². The number of hydrogen-bond acceptors (Lipinski definition) is 4. The molecular weight excluding hydrogens is 200 g/mol. The Bertz CT molecular complexity index is 471. The van der Waals surface area contributed by atoms with Gasteiger partial charge in [0.25, 0.3) is 0 Å². The van der Waals surface area contributed by atoms with E-state index in [0.717, 1.165) is 5.56 Å². The highest BCUT2D eigenvalue weighted by Crippen LogP contribution is 2.17. The molecular formula is C12H10N4. The third-order valence-electron chi connectivity index (χ3n) is 1.93. The van der Waals surface area contributed by atoms with Crippen LogP contribution in [-0.4, -0.2) is 5.54 Å². The lowest BCUT2D eigenvalue weighted by Crippen LogP contribution is -2.14. The van der Waals surface area contributed by atoms with E-state index in [-0.39, 0.29) is 0 Å². The third-order valence-corrected chi connectivity index (χ3v) is 1.93. The van der Waals surface area contributed by atoms with Crippen molar-refractivity contribution in [3.05, 3.63) is 36.4 Å². The molecule has 0 fully saturated rings. The van der Waals surface area contributed by atoms with Crippen LogP contribution in [0.2, 0.25) is 0 Å². The summed E-state index contributed by atoms with van der Waals surface area (Å²) in [6.45, 7) is 5.04. The Kier molecular flexibility index (Phi) is 3.53. The zero-order valence-electron chi connectivity index (χ0n) is 8.88. The van der Waals surface area contributed by atoms with Gasteiger partial charge in [-0.2, -0.15) is 20.8 Å². The minimum atomic E-state index is -1.42. The van der Waals surface area contributed by atoms with Crippen LogP contribution in [0.1, 0.15) is 12.5 Å². The fourth-order valence-corrected chi connectivity index (χ4v) is 0.905. The molecule has 78 valence electrons. The molecule has 0 atom stereocenters. The van der Waals surface area contributed by atoms with Gasteiger partial charge < -0.3 is 0 Å². The van der Waals surface area contributed by atoms with Crippen molar-refractivity contribution in [2.24, 2.45) is 10.2 Å². The van der Waals surface area contributed by atoms with Crippen LogP contribution in [0.3, 0.4) is 0 Å². The van der Waals surface area contributed by atoms with E-state index in [2.05, 4.69) is 16.8 Å². The van der Waals surface area contributed by atoms with Crippen LogP contribution in [-0.2, 0) is 0 Å². The van der Waals surface area contributed by atoms with Crippen molar-refractivity contribution in [2.45, 2.75) is 12.5 Å². The van der Waals surface area contributed by atoms with E-state index < -0.39 is 5.54 Å². The first-order valence-corrected chi connectivity index (χ1v) is 4.61. The van der Waals surface area contributed by atoms with Crippen LogP contribution < -0.4 is 0 Å². The van der Waals surface area contributed by atoms with E-state index >= 15 is 0 Å². The number of azo groups is 1. The maximum atomic E-state index is 8.71. The van der Waals surface area contributed by atoms with Crippen LogP contribution in [0.5, 0.6) is 0 Å². The van der Waals surface area contributed by atoms with Crippen molar-refractivity contribution in [2.75, 3.05) is 0 Å². The van der Waals surface area contributed by atoms with Gasteiger partial charge in [-0.15, -0.1) is 0 Å². The molecule has 4 heteroatoms. The Labute approximate surface area is 94.2 Å². The molecule has 4 nitrogen and oxygen atoms in total. The molecule has 16 heavy (non-hydrogen) atoms. The summed E-state index contributed by atoms with van der Waals surface area (Å²) in [5.41, 5.74) is 0.154. The number of rotatable bonds is 3. The second-order valence-corrected chi connectivity index (χ2v) is 3.29. The van der Waals surface area contributed by atoms with Crippen molar-refractivity contribution in [3.8, 4) is 12.1 Å². The number of benzene rings is 1. The van der Waals surface area contributed by atoms with Crippen molar-refractivity contribution >= 4 is 11.8 Å². The maximum absolute atomic E-state index is 8.71. The van der Waals surface area contributed by atoms with Gasteiger partial charge in [-0.3, -0.25) is 0 Å². The number of nitrogens with zero attached hydrogens (tertiary/aromatic N) is 4. The van der Waals surface area contributed by atoms with Crippen LogP contribution in [0.4, 0.5) is 5.69 Å². The SMILES string of the molecule is C=Cc1ccc(N=NC(C)(C#N)C#N)cc1. The molecule has 0 unspecified atom stereocenters. The normalized spacial score (nSPS) is 10.7. The fraction of sp³-hybridized carbons (Fsp3) is 0.167. The number of nitriles is 2. The second-order valence-electron chi connectivity index (χ2n) is 3.29. The highest BCUT2D eigenvalue weighted by Gasteiger charge is 2.21. The zero-order valence-corrected chi connectivity index (χ0v) is 8.88. The lowest BCUT2D eigenvalue weighted by molar-refractivity contribution is 0.720. The lowest BCUT2D eigenvalue weighted by atomic mass is 10.1. The molecule has 0 N–H and O–H groups in total. The topological polar surface area (TPSA) is 72.3 Å². The van der Waals surface area contributed by atoms with Crippen LogP contribution in [0, 0.1) is 22.7 Å². The van der Waals surface area contributed by atoms with Gasteiger partial charge in [0.05, 0.1) is 5.69 Å². The Morgan fingerprint density at radius 2 is 1.81 bits per heavy atom. The van der Waals surface area contributed by atoms with Gasteiger partial charge in [0.2, 0.25) is 5.54 Å². The van der Waals surface area contributed by atoms with E-state index in [9.17, 15) is 0 Å². The molecule has 0 aromatic heterocycles. The third kappa shape index (κ3) is 2.76. The van der Waals surface area contributed by atoms with E-state index in [4.69, 9.17) is 10.5 Å². The first-order chi connectivity index (χ1) is 7.63. The van der Waals surface area contributed by atoms with Crippen LogP contribution >= 0.6 is 0 Å². The van der Waals surface area contributed by atoms with Crippen LogP contribution in [0.25, 0.3) is 6.08 Å². The van der Waals surface area contributed by atoms with Crippen LogP contribution in [0.15, 0.2) is 41.1 Å². The Morgan fingerprint density at radius 3 is 2.25 bits per heavy atom. The van der Waals surface area contributed by atoms with Gasteiger partial charge in [-0.1, -0.05) is 24.8 Å². The average molecular weight is 210 g/mol. The fourth-order valence-electron chi connectivity index (χ4n) is 0.905. The highest BCUT2D eigenvalue weighted by atomic mass is 15.1. The van der Waals surface area contributed by atoms with E-state index in [1.807, 2.05) is 12.1 Å². The minimum Gasteiger partial charge on any atom is -0.194 e. The Morgan fingerprint density at radius 1 is 1.25 bits per heavy atom. The standard InChI is InChI=1S/C12H10N4/c1-3-10-4-6-11(7-5-10)15-16-12(2,8-13)9-14/h3-7H,1H2,2H3. The molecule has 0 aliphatic rings. The van der Waals surface area contributed by atoms with Crippen molar-refractivity contribution in [1.29, 1.82) is 10.5 Å². The van der Waals surface area contributed by atoms with E-state index in [0.29, 0.717) is 5.69 Å². The summed E-state index contributed by atoms with van der Waals surface area (Å²) in [5, 5.41) is 24.9. The predicted octanol–water partition coefficient (Wildman–Crippen LogP) is 3.22. The Hall–Kier alpha value is -2.46. The molecule has 0 saturated heterocycles. The van der Waals surface area contributed by atoms with Gasteiger partial charge in [0.1, 0.15) is 12.1 Å². The summed E-state index contributed by atoms with van der Waals surface area (Å²) in [6, 6.07) is 10.7. The monoisotopic (exact) mass is 210 g/mol. The van der Waals surface area contributed by atoms with Gasteiger partial charge in [-0.05, 0) is 24.6 Å². The summed E-state index contributed by atoms with van der Waals surface area (Å²) < 4.78 is 0. The highest BCUT2D eigenvalue weighted by molar-refractivity contribution is 5.51. The minimum absolute atomic E-state index is 0.599. The quantitative estimate of drug-likeness (QED) is 0.718. The van der Waals surface area contributed by atoms with Gasteiger partial charge in [0.15, 0.2) is 0 Å². The average Bonchev–Trinajstić information content (AvgIpc) is 2.36. The van der Waals surface area contributed by atoms with Crippen molar-refractivity contribution < 1.29 is 0 Å². The molecule has 0 aliphatic carbocycles. The van der Waals surface area contributed by atoms with Crippen molar-refractivity contribution in [3.63, 3.8) is 0 Å². The summed E-state index contributed by atoms with van der Waals surface area (Å²) in [7, 11) is 0. The summed E-state index contributed by atoms with van der Waals surface area (Å²) >= 11 is 0. The Balaban J connectivity index is 2.90. The molecule has 1 rings (SSSR count). The molecule has 0 bridgehead atoms. The first kappa shape index (κ1) is 11.6. The molecule has 1 aromatic rings. The number of hydrogen-bond donors (Lipinski definition) is 0. The molecule has 1 aromatic carbocycles. The summed E-state index contributed by atoms with van der Waals surface area (Å²) in [4.78, 5) is 0. The van der Waals surface area contributed by atoms with Gasteiger partial charge in [-0.25, -0.2) is 0 Å². The van der Waals surface area contributed by atoms with Crippen molar-refractivity contribution in [1.82, 2.24) is 0 Å². The van der Waals surface area contributed by atoms with Gasteiger partial charge >= 0.3 is 0 Å². The molecule has 0 heterocycles. The molecule has 0 saturated carbocycles. The smallest absolute Gasteiger partial charge is 0.194 e. The summed E-state index contributed by atoms with van der Waals surface area (Å²) in [5.74, 6) is 0. The molecule has 0 spiro atoms. The molecule has 0 aliphatic heterocycles. The lowest BCUT2D eigenvalue weighted by Gasteiger charge is -2.02. The van der Waals surface area contributed by atoms with Gasteiger partial charge in [0, 0.05) is 0 Å². The molecule has 0 radical (unpaired) electrons. The molecule has 0 amide bonds. The summed E-state index contributed by atoms with van der Waals surface area (Å²) in [6.07, 6.45) is 1.72. The first-order valence-electron chi connectivity index (χ1n) is 4.61. The second kappa shape index (κ2) is 4.86. The largest absolute Gasteiger partial charge is 0.249 e. The predicted molar refractivity (Wildman–Crippen MR) is 60.7 cm³/mol. The zero-order chi connectivity index (χ0) is 12.0.